The summed E-state index contributed by atoms with van der Waals surface area (Å²) < 4.78 is 0. The van der Waals surface area contributed by atoms with Gasteiger partial charge < -0.3 is 10.2 Å². The molecule has 0 amide bonds. The van der Waals surface area contributed by atoms with Crippen molar-refractivity contribution >= 4 is 5.69 Å². The van der Waals surface area contributed by atoms with Gasteiger partial charge in [0.2, 0.25) is 0 Å². The fraction of sp³-hybridized carbons (Fsp3) is 0.562. The normalized spacial score (nSPS) is 17.2. The summed E-state index contributed by atoms with van der Waals surface area (Å²) in [4.78, 5) is 6.98. The number of nitrogens with zero attached hydrogens (tertiary/aromatic N) is 2. The van der Waals surface area contributed by atoms with Crippen molar-refractivity contribution in [1.82, 2.24) is 10.3 Å². The van der Waals surface area contributed by atoms with E-state index in [4.69, 9.17) is 0 Å². The van der Waals surface area contributed by atoms with Gasteiger partial charge in [0.1, 0.15) is 0 Å². The van der Waals surface area contributed by atoms with E-state index in [0.717, 1.165) is 38.2 Å². The van der Waals surface area contributed by atoms with Crippen LogP contribution in [0.3, 0.4) is 0 Å². The molecular formula is C16H25N3. The van der Waals surface area contributed by atoms with Gasteiger partial charge in [0, 0.05) is 19.1 Å². The molecule has 2 rings (SSSR count). The van der Waals surface area contributed by atoms with Gasteiger partial charge in [0.05, 0.1) is 17.6 Å². The summed E-state index contributed by atoms with van der Waals surface area (Å²) in [5, 5.41) is 3.47. The van der Waals surface area contributed by atoms with Crippen molar-refractivity contribution in [1.29, 1.82) is 0 Å². The van der Waals surface area contributed by atoms with Crippen LogP contribution in [0, 0.1) is 0 Å². The highest BCUT2D eigenvalue weighted by Crippen LogP contribution is 2.20. The highest BCUT2D eigenvalue weighted by Gasteiger charge is 2.11. The molecule has 0 saturated carbocycles. The Hall–Kier alpha value is -1.35. The van der Waals surface area contributed by atoms with Crippen molar-refractivity contribution in [3.05, 3.63) is 35.7 Å². The number of nitrogens with one attached hydrogen (secondary N) is 1. The molecule has 2 heterocycles. The molecular weight excluding hydrogens is 234 g/mol. The first-order valence-electron chi connectivity index (χ1n) is 7.30. The molecule has 0 radical (unpaired) electrons. The number of anilines is 1. The first-order valence-corrected chi connectivity index (χ1v) is 7.30. The molecule has 0 bridgehead atoms. The topological polar surface area (TPSA) is 28.2 Å². The van der Waals surface area contributed by atoms with E-state index in [-0.39, 0.29) is 0 Å². The summed E-state index contributed by atoms with van der Waals surface area (Å²) in [5.74, 6) is 0. The van der Waals surface area contributed by atoms with Crippen LogP contribution in [0.2, 0.25) is 0 Å². The average Bonchev–Trinajstić information content (AvgIpc) is 2.46. The molecule has 0 fully saturated rings. The van der Waals surface area contributed by atoms with Crippen molar-refractivity contribution in [2.45, 2.75) is 39.7 Å². The van der Waals surface area contributed by atoms with E-state index in [0.29, 0.717) is 6.04 Å². The number of hydrogen-bond acceptors (Lipinski definition) is 3. The second-order valence-corrected chi connectivity index (χ2v) is 5.36. The average molecular weight is 259 g/mol. The van der Waals surface area contributed by atoms with Crippen LogP contribution in [-0.4, -0.2) is 24.6 Å². The molecule has 1 aromatic heterocycles. The maximum atomic E-state index is 4.60. The molecule has 3 nitrogen and oxygen atoms in total. The first kappa shape index (κ1) is 14.1. The SMILES string of the molecule is CCCNC(C)c1ccc(N2CC=C(C)CC2)cn1. The van der Waals surface area contributed by atoms with Gasteiger partial charge in [0.15, 0.2) is 0 Å². The van der Waals surface area contributed by atoms with Gasteiger partial charge >= 0.3 is 0 Å². The molecule has 1 aromatic rings. The monoisotopic (exact) mass is 259 g/mol. The van der Waals surface area contributed by atoms with E-state index in [1.165, 1.54) is 11.3 Å². The number of pyridine rings is 1. The maximum absolute atomic E-state index is 4.60. The molecule has 1 aliphatic rings. The second-order valence-electron chi connectivity index (χ2n) is 5.36. The Morgan fingerprint density at radius 3 is 2.84 bits per heavy atom. The van der Waals surface area contributed by atoms with Crippen molar-refractivity contribution in [2.24, 2.45) is 0 Å². The summed E-state index contributed by atoms with van der Waals surface area (Å²) >= 11 is 0. The predicted octanol–water partition coefficient (Wildman–Crippen LogP) is 3.30. The molecule has 1 N–H and O–H groups in total. The summed E-state index contributed by atoms with van der Waals surface area (Å²) in [7, 11) is 0. The zero-order valence-electron chi connectivity index (χ0n) is 12.3. The van der Waals surface area contributed by atoms with E-state index >= 15 is 0 Å². The fourth-order valence-electron chi connectivity index (χ4n) is 2.31. The molecule has 0 aliphatic carbocycles. The summed E-state index contributed by atoms with van der Waals surface area (Å²) in [5.41, 5.74) is 3.86. The van der Waals surface area contributed by atoms with Crippen LogP contribution in [0.15, 0.2) is 30.0 Å². The highest BCUT2D eigenvalue weighted by atomic mass is 15.1. The Balaban J connectivity index is 1.98. The predicted molar refractivity (Wildman–Crippen MR) is 81.5 cm³/mol. The van der Waals surface area contributed by atoms with Crippen LogP contribution in [0.4, 0.5) is 5.69 Å². The molecule has 1 aliphatic heterocycles. The lowest BCUT2D eigenvalue weighted by atomic mass is 10.1. The largest absolute Gasteiger partial charge is 0.366 e. The van der Waals surface area contributed by atoms with Gasteiger partial charge in [-0.1, -0.05) is 18.6 Å². The third-order valence-electron chi connectivity index (χ3n) is 3.72. The van der Waals surface area contributed by atoms with Gasteiger partial charge in [-0.25, -0.2) is 0 Å². The lowest BCUT2D eigenvalue weighted by molar-refractivity contribution is 0.558. The standard InChI is InChI=1S/C16H25N3/c1-4-9-17-14(3)16-6-5-15(12-18-16)19-10-7-13(2)8-11-19/h5-7,12,14,17H,4,8-11H2,1-3H3. The summed E-state index contributed by atoms with van der Waals surface area (Å²) in [6.07, 6.45) is 6.63. The van der Waals surface area contributed by atoms with Crippen molar-refractivity contribution < 1.29 is 0 Å². The first-order chi connectivity index (χ1) is 9.20. The molecule has 0 saturated heterocycles. The Kier molecular flexibility index (Phi) is 4.97. The summed E-state index contributed by atoms with van der Waals surface area (Å²) in [6, 6.07) is 4.67. The minimum absolute atomic E-state index is 0.331. The molecule has 19 heavy (non-hydrogen) atoms. The molecule has 0 aromatic carbocycles. The van der Waals surface area contributed by atoms with Gasteiger partial charge in [-0.2, -0.15) is 0 Å². The fourth-order valence-corrected chi connectivity index (χ4v) is 2.31. The van der Waals surface area contributed by atoms with Crippen LogP contribution in [0.5, 0.6) is 0 Å². The van der Waals surface area contributed by atoms with E-state index in [2.05, 4.69) is 54.2 Å². The Morgan fingerprint density at radius 2 is 2.26 bits per heavy atom. The number of rotatable bonds is 5. The lowest BCUT2D eigenvalue weighted by Crippen LogP contribution is -2.28. The van der Waals surface area contributed by atoms with E-state index in [1.807, 2.05) is 6.20 Å². The Bertz CT molecular complexity index is 422. The Labute approximate surface area is 116 Å². The highest BCUT2D eigenvalue weighted by molar-refractivity contribution is 5.46. The molecule has 0 spiro atoms. The summed E-state index contributed by atoms with van der Waals surface area (Å²) in [6.45, 7) is 9.72. The Morgan fingerprint density at radius 1 is 1.42 bits per heavy atom. The van der Waals surface area contributed by atoms with Crippen LogP contribution in [0.1, 0.15) is 45.3 Å². The van der Waals surface area contributed by atoms with Gasteiger partial charge in [-0.15, -0.1) is 0 Å². The minimum atomic E-state index is 0.331. The smallest absolute Gasteiger partial charge is 0.0572 e. The maximum Gasteiger partial charge on any atom is 0.0572 e. The van der Waals surface area contributed by atoms with Crippen molar-refractivity contribution in [3.63, 3.8) is 0 Å². The quantitative estimate of drug-likeness (QED) is 0.822. The van der Waals surface area contributed by atoms with E-state index in [1.54, 1.807) is 0 Å². The van der Waals surface area contributed by atoms with Crippen LogP contribution < -0.4 is 10.2 Å². The zero-order valence-corrected chi connectivity index (χ0v) is 12.3. The second kappa shape index (κ2) is 6.71. The van der Waals surface area contributed by atoms with Crippen LogP contribution in [0.25, 0.3) is 0 Å². The molecule has 104 valence electrons. The zero-order chi connectivity index (χ0) is 13.7. The molecule has 1 unspecified atom stereocenters. The van der Waals surface area contributed by atoms with Gasteiger partial charge in [-0.05, 0) is 45.4 Å². The van der Waals surface area contributed by atoms with Crippen LogP contribution in [-0.2, 0) is 0 Å². The van der Waals surface area contributed by atoms with E-state index in [9.17, 15) is 0 Å². The van der Waals surface area contributed by atoms with Crippen LogP contribution >= 0.6 is 0 Å². The third kappa shape index (κ3) is 3.80. The van der Waals surface area contributed by atoms with Gasteiger partial charge in [0.25, 0.3) is 0 Å². The minimum Gasteiger partial charge on any atom is -0.366 e. The molecule has 3 heteroatoms. The van der Waals surface area contributed by atoms with E-state index < -0.39 is 0 Å². The lowest BCUT2D eigenvalue weighted by Gasteiger charge is -2.27. The van der Waals surface area contributed by atoms with Crippen molar-refractivity contribution in [2.75, 3.05) is 24.5 Å². The number of aromatic nitrogens is 1. The van der Waals surface area contributed by atoms with Gasteiger partial charge in [-0.3, -0.25) is 4.98 Å². The third-order valence-corrected chi connectivity index (χ3v) is 3.72. The molecule has 1 atom stereocenters. The van der Waals surface area contributed by atoms with Crippen molar-refractivity contribution in [3.8, 4) is 0 Å². The number of hydrogen-bond donors (Lipinski definition) is 1.